The smallest absolute Gasteiger partial charge is 0.179 e. The average molecular weight is 330 g/mol. The molecule has 1 fully saturated rings. The van der Waals surface area contributed by atoms with Crippen LogP contribution in [0, 0.1) is 10.8 Å². The molecule has 1 aliphatic heterocycles. The molecule has 3 heteroatoms. The molecule has 0 amide bonds. The highest BCUT2D eigenvalue weighted by Gasteiger charge is 2.40. The number of carbonyl (C=O) groups is 1. The van der Waals surface area contributed by atoms with Gasteiger partial charge in [-0.2, -0.15) is 0 Å². The molecule has 0 atom stereocenters. The molecule has 1 aromatic carbocycles. The average Bonchev–Trinajstić information content (AvgIpc) is 2.96. The summed E-state index contributed by atoms with van der Waals surface area (Å²) in [5, 5.41) is 4.62. The second kappa shape index (κ2) is 6.37. The van der Waals surface area contributed by atoms with Crippen LogP contribution in [-0.4, -0.2) is 18.9 Å². The Bertz CT molecular complexity index is 656. The summed E-state index contributed by atoms with van der Waals surface area (Å²) in [6.45, 7) is 8.73. The fraction of sp³-hybridized carbons (Fsp3) is 0.550. The molecule has 2 aromatic rings. The molecule has 1 saturated heterocycles. The molecule has 1 aliphatic rings. The lowest BCUT2D eigenvalue weighted by Gasteiger charge is -2.38. The first-order valence-corrected chi connectivity index (χ1v) is 9.45. The summed E-state index contributed by atoms with van der Waals surface area (Å²) in [6, 6.07) is 10.4. The summed E-state index contributed by atoms with van der Waals surface area (Å²) >= 11 is 1.66. The molecular weight excluding hydrogens is 302 g/mol. The van der Waals surface area contributed by atoms with E-state index in [9.17, 15) is 4.79 Å². The van der Waals surface area contributed by atoms with Crippen molar-refractivity contribution >= 4 is 27.2 Å². The van der Waals surface area contributed by atoms with Crippen LogP contribution in [-0.2, 0) is 0 Å². The number of fused-ring (bicyclic) bond motifs is 1. The van der Waals surface area contributed by atoms with Gasteiger partial charge in [0.15, 0.2) is 5.78 Å². The maximum Gasteiger partial charge on any atom is 0.179 e. The highest BCUT2D eigenvalue weighted by atomic mass is 32.1. The Hall–Kier alpha value is -1.19. The van der Waals surface area contributed by atoms with Crippen molar-refractivity contribution in [2.75, 3.05) is 13.1 Å². The van der Waals surface area contributed by atoms with E-state index in [-0.39, 0.29) is 10.8 Å². The van der Waals surface area contributed by atoms with Gasteiger partial charge in [0.2, 0.25) is 0 Å². The second-order valence-electron chi connectivity index (χ2n) is 8.07. The third-order valence-corrected chi connectivity index (χ3v) is 6.16. The largest absolute Gasteiger partial charge is 0.317 e. The minimum atomic E-state index is -0.167. The van der Waals surface area contributed by atoms with E-state index in [1.54, 1.807) is 11.3 Å². The molecule has 0 spiro atoms. The molecule has 1 aromatic heterocycles. The summed E-state index contributed by atoms with van der Waals surface area (Å²) in [4.78, 5) is 14.3. The lowest BCUT2D eigenvalue weighted by atomic mass is 9.69. The lowest BCUT2D eigenvalue weighted by molar-refractivity contribution is 0.0682. The third-order valence-electron chi connectivity index (χ3n) is 5.05. The van der Waals surface area contributed by atoms with Crippen LogP contribution in [0.25, 0.3) is 10.1 Å². The topological polar surface area (TPSA) is 29.1 Å². The Morgan fingerprint density at radius 1 is 1.22 bits per heavy atom. The molecule has 0 saturated carbocycles. The molecule has 0 unspecified atom stereocenters. The number of hydrogen-bond donors (Lipinski definition) is 1. The number of nitrogens with one attached hydrogen (secondary N) is 1. The van der Waals surface area contributed by atoms with Crippen LogP contribution in [0.5, 0.6) is 0 Å². The standard InChI is InChI=1S/C20H27NOS/c1-19(2,3)8-9-20(10-12-21-13-11-20)18(22)17-14-15-6-4-5-7-16(15)23-17/h4-7,14,21H,8-13H2,1-3H3. The van der Waals surface area contributed by atoms with E-state index in [0.29, 0.717) is 5.78 Å². The van der Waals surface area contributed by atoms with Crippen molar-refractivity contribution in [3.63, 3.8) is 0 Å². The zero-order chi connectivity index (χ0) is 16.5. The molecule has 1 N–H and O–H groups in total. The normalized spacial score (nSPS) is 18.2. The molecule has 2 nitrogen and oxygen atoms in total. The van der Waals surface area contributed by atoms with Gasteiger partial charge in [-0.05, 0) is 61.7 Å². The number of benzene rings is 1. The van der Waals surface area contributed by atoms with Crippen LogP contribution in [0.4, 0.5) is 0 Å². The molecule has 0 bridgehead atoms. The Morgan fingerprint density at radius 3 is 2.57 bits per heavy atom. The molecule has 23 heavy (non-hydrogen) atoms. The van der Waals surface area contributed by atoms with E-state index in [1.807, 2.05) is 12.1 Å². The first-order chi connectivity index (χ1) is 10.9. The van der Waals surface area contributed by atoms with Gasteiger partial charge in [0, 0.05) is 10.1 Å². The highest BCUT2D eigenvalue weighted by molar-refractivity contribution is 7.20. The van der Waals surface area contributed by atoms with Gasteiger partial charge in [-0.15, -0.1) is 11.3 Å². The van der Waals surface area contributed by atoms with Gasteiger partial charge in [-0.3, -0.25) is 4.79 Å². The second-order valence-corrected chi connectivity index (χ2v) is 9.15. The maximum atomic E-state index is 13.4. The Balaban J connectivity index is 1.90. The number of piperidine rings is 1. The van der Waals surface area contributed by atoms with Crippen molar-refractivity contribution in [2.24, 2.45) is 10.8 Å². The van der Waals surface area contributed by atoms with Crippen molar-refractivity contribution in [1.29, 1.82) is 0 Å². The van der Waals surface area contributed by atoms with Crippen molar-refractivity contribution in [3.8, 4) is 0 Å². The number of Topliss-reactive ketones (excluding diaryl/α,β-unsaturated/α-hetero) is 1. The van der Waals surface area contributed by atoms with E-state index in [4.69, 9.17) is 0 Å². The van der Waals surface area contributed by atoms with Gasteiger partial charge >= 0.3 is 0 Å². The minimum Gasteiger partial charge on any atom is -0.317 e. The fourth-order valence-corrected chi connectivity index (χ4v) is 4.59. The molecule has 2 heterocycles. The van der Waals surface area contributed by atoms with E-state index >= 15 is 0 Å². The summed E-state index contributed by atoms with van der Waals surface area (Å²) < 4.78 is 1.22. The minimum absolute atomic E-state index is 0.167. The Morgan fingerprint density at radius 2 is 1.91 bits per heavy atom. The van der Waals surface area contributed by atoms with Crippen molar-refractivity contribution in [1.82, 2.24) is 5.32 Å². The summed E-state index contributed by atoms with van der Waals surface area (Å²) in [5.74, 6) is 0.379. The van der Waals surface area contributed by atoms with Crippen molar-refractivity contribution < 1.29 is 4.79 Å². The van der Waals surface area contributed by atoms with E-state index in [0.717, 1.165) is 43.6 Å². The van der Waals surface area contributed by atoms with Crippen LogP contribution in [0.3, 0.4) is 0 Å². The zero-order valence-corrected chi connectivity index (χ0v) is 15.3. The van der Waals surface area contributed by atoms with Crippen LogP contribution >= 0.6 is 11.3 Å². The van der Waals surface area contributed by atoms with Crippen LogP contribution in [0.1, 0.15) is 56.1 Å². The molecule has 0 aliphatic carbocycles. The summed E-state index contributed by atoms with van der Waals surface area (Å²) in [7, 11) is 0. The van der Waals surface area contributed by atoms with Crippen LogP contribution < -0.4 is 5.32 Å². The number of ketones is 1. The van der Waals surface area contributed by atoms with E-state index in [1.165, 1.54) is 10.1 Å². The number of rotatable bonds is 4. The SMILES string of the molecule is CC(C)(C)CCC1(C(=O)c2cc3ccccc3s2)CCNCC1. The van der Waals surface area contributed by atoms with Gasteiger partial charge in [0.1, 0.15) is 0 Å². The number of thiophene rings is 1. The van der Waals surface area contributed by atoms with Crippen LogP contribution in [0.2, 0.25) is 0 Å². The first kappa shape index (κ1) is 16.7. The Kier molecular flexibility index (Phi) is 4.61. The Labute approximate surface area is 143 Å². The summed E-state index contributed by atoms with van der Waals surface area (Å²) in [6.07, 6.45) is 4.04. The molecular formula is C20H27NOS. The molecule has 124 valence electrons. The predicted molar refractivity (Wildman–Crippen MR) is 99.4 cm³/mol. The predicted octanol–water partition coefficient (Wildman–Crippen LogP) is 5.28. The van der Waals surface area contributed by atoms with Gasteiger partial charge in [-0.25, -0.2) is 0 Å². The fourth-order valence-electron chi connectivity index (χ4n) is 3.47. The van der Waals surface area contributed by atoms with Gasteiger partial charge in [0.05, 0.1) is 4.88 Å². The molecule has 0 radical (unpaired) electrons. The van der Waals surface area contributed by atoms with Gasteiger partial charge < -0.3 is 5.32 Å². The van der Waals surface area contributed by atoms with Gasteiger partial charge in [0.25, 0.3) is 0 Å². The number of carbonyl (C=O) groups excluding carboxylic acids is 1. The highest BCUT2D eigenvalue weighted by Crippen LogP contribution is 2.42. The first-order valence-electron chi connectivity index (χ1n) is 8.64. The maximum absolute atomic E-state index is 13.4. The quantitative estimate of drug-likeness (QED) is 0.773. The third kappa shape index (κ3) is 3.67. The van der Waals surface area contributed by atoms with Gasteiger partial charge in [-0.1, -0.05) is 39.0 Å². The van der Waals surface area contributed by atoms with Crippen molar-refractivity contribution in [3.05, 3.63) is 35.2 Å². The monoisotopic (exact) mass is 329 g/mol. The van der Waals surface area contributed by atoms with Crippen molar-refractivity contribution in [2.45, 2.75) is 46.5 Å². The van der Waals surface area contributed by atoms with E-state index < -0.39 is 0 Å². The summed E-state index contributed by atoms with van der Waals surface area (Å²) in [5.41, 5.74) is 0.109. The number of hydrogen-bond acceptors (Lipinski definition) is 3. The zero-order valence-electron chi connectivity index (χ0n) is 14.4. The van der Waals surface area contributed by atoms with Crippen LogP contribution in [0.15, 0.2) is 30.3 Å². The molecule has 3 rings (SSSR count). The lowest BCUT2D eigenvalue weighted by Crippen LogP contribution is -2.42. The van der Waals surface area contributed by atoms with E-state index in [2.05, 4.69) is 44.3 Å².